The predicted molar refractivity (Wildman–Crippen MR) is 98.0 cm³/mol. The number of quaternary nitrogens is 1. The summed E-state index contributed by atoms with van der Waals surface area (Å²) in [5, 5.41) is 2.83. The summed E-state index contributed by atoms with van der Waals surface area (Å²) in [5.41, 5.74) is 0.870. The molecule has 0 radical (unpaired) electrons. The van der Waals surface area contributed by atoms with Gasteiger partial charge in [-0.15, -0.1) is 0 Å². The number of halogens is 1. The molecular weight excluding hydrogens is 335 g/mol. The Kier molecular flexibility index (Phi) is 7.89. The minimum absolute atomic E-state index is 0.0609. The van der Waals surface area contributed by atoms with Crippen molar-refractivity contribution in [2.24, 2.45) is 0 Å². The molecule has 2 aromatic carbocycles. The van der Waals surface area contributed by atoms with Crippen molar-refractivity contribution >= 4 is 5.91 Å². The molecule has 0 spiro atoms. The van der Waals surface area contributed by atoms with E-state index in [2.05, 4.69) is 5.32 Å². The lowest BCUT2D eigenvalue weighted by Crippen LogP contribution is -3.08. The van der Waals surface area contributed by atoms with E-state index in [0.29, 0.717) is 32.8 Å². The van der Waals surface area contributed by atoms with E-state index in [4.69, 9.17) is 9.47 Å². The van der Waals surface area contributed by atoms with Crippen molar-refractivity contribution in [3.63, 3.8) is 0 Å². The number of benzene rings is 2. The van der Waals surface area contributed by atoms with Gasteiger partial charge in [-0.25, -0.2) is 4.39 Å². The Morgan fingerprint density at radius 1 is 1.12 bits per heavy atom. The molecule has 1 unspecified atom stereocenters. The van der Waals surface area contributed by atoms with Crippen LogP contribution in [-0.4, -0.2) is 39.3 Å². The first-order chi connectivity index (χ1) is 12.6. The summed E-state index contributed by atoms with van der Waals surface area (Å²) in [7, 11) is 1.90. The fraction of sp³-hybridized carbons (Fsp3) is 0.350. The Morgan fingerprint density at radius 2 is 1.81 bits per heavy atom. The van der Waals surface area contributed by atoms with Crippen molar-refractivity contribution in [1.29, 1.82) is 0 Å². The van der Waals surface area contributed by atoms with Crippen molar-refractivity contribution in [3.8, 4) is 11.5 Å². The molecule has 0 aliphatic carbocycles. The van der Waals surface area contributed by atoms with Gasteiger partial charge in [-0.3, -0.25) is 4.79 Å². The van der Waals surface area contributed by atoms with Crippen LogP contribution in [0.1, 0.15) is 12.5 Å². The highest BCUT2D eigenvalue weighted by molar-refractivity contribution is 5.76. The third-order valence-electron chi connectivity index (χ3n) is 3.68. The molecule has 0 aromatic heterocycles. The molecule has 0 fully saturated rings. The molecule has 0 aliphatic rings. The third kappa shape index (κ3) is 7.11. The topological polar surface area (TPSA) is 52.0 Å². The number of nitrogens with one attached hydrogen (secondary N) is 2. The number of carbonyl (C=O) groups is 1. The molecule has 140 valence electrons. The predicted octanol–water partition coefficient (Wildman–Crippen LogP) is 1.43. The van der Waals surface area contributed by atoms with Crippen molar-refractivity contribution in [1.82, 2.24) is 5.32 Å². The zero-order valence-corrected chi connectivity index (χ0v) is 15.3. The zero-order valence-electron chi connectivity index (χ0n) is 15.3. The van der Waals surface area contributed by atoms with Gasteiger partial charge in [0, 0.05) is 5.56 Å². The summed E-state index contributed by atoms with van der Waals surface area (Å²) in [5.74, 6) is 1.22. The first-order valence-corrected chi connectivity index (χ1v) is 8.75. The highest BCUT2D eigenvalue weighted by atomic mass is 19.1. The van der Waals surface area contributed by atoms with E-state index in [0.717, 1.165) is 22.0 Å². The Labute approximate surface area is 153 Å². The van der Waals surface area contributed by atoms with Crippen molar-refractivity contribution in [2.75, 3.05) is 33.4 Å². The summed E-state index contributed by atoms with van der Waals surface area (Å²) in [6, 6.07) is 13.8. The SMILES string of the molecule is CCOc1ccc(OCCNC(=O)C[NH+](C)Cc2cccc(F)c2)cc1. The molecule has 6 heteroatoms. The van der Waals surface area contributed by atoms with Crippen molar-refractivity contribution < 1.29 is 23.6 Å². The number of carbonyl (C=O) groups excluding carboxylic acids is 1. The van der Waals surface area contributed by atoms with Crippen LogP contribution in [0.5, 0.6) is 11.5 Å². The van der Waals surface area contributed by atoms with E-state index < -0.39 is 0 Å². The summed E-state index contributed by atoms with van der Waals surface area (Å²) >= 11 is 0. The molecule has 1 atom stereocenters. The quantitative estimate of drug-likeness (QED) is 0.630. The van der Waals surface area contributed by atoms with Crippen LogP contribution in [0.15, 0.2) is 48.5 Å². The van der Waals surface area contributed by atoms with E-state index in [-0.39, 0.29) is 11.7 Å². The lowest BCUT2D eigenvalue weighted by atomic mass is 10.2. The summed E-state index contributed by atoms with van der Waals surface area (Å²) in [6.45, 7) is 4.29. The molecule has 1 amide bonds. The molecule has 2 aromatic rings. The van der Waals surface area contributed by atoms with Gasteiger partial charge in [0.05, 0.1) is 20.2 Å². The van der Waals surface area contributed by atoms with Crippen LogP contribution >= 0.6 is 0 Å². The molecule has 0 bridgehead atoms. The normalized spacial score (nSPS) is 11.7. The van der Waals surface area contributed by atoms with Gasteiger partial charge in [0.1, 0.15) is 30.5 Å². The second kappa shape index (κ2) is 10.4. The smallest absolute Gasteiger partial charge is 0.275 e. The van der Waals surface area contributed by atoms with Gasteiger partial charge in [0.25, 0.3) is 5.91 Å². The second-order valence-corrected chi connectivity index (χ2v) is 6.04. The lowest BCUT2D eigenvalue weighted by molar-refractivity contribution is -0.885. The number of rotatable bonds is 10. The maximum Gasteiger partial charge on any atom is 0.275 e. The first-order valence-electron chi connectivity index (χ1n) is 8.75. The molecule has 2 rings (SSSR count). The summed E-state index contributed by atoms with van der Waals surface area (Å²) in [4.78, 5) is 12.9. The molecular formula is C20H26FN2O3+. The number of ether oxygens (including phenoxy) is 2. The highest BCUT2D eigenvalue weighted by Crippen LogP contribution is 2.17. The fourth-order valence-electron chi connectivity index (χ4n) is 2.55. The molecule has 0 heterocycles. The van der Waals surface area contributed by atoms with Gasteiger partial charge in [-0.05, 0) is 43.3 Å². The van der Waals surface area contributed by atoms with Crippen LogP contribution in [0.2, 0.25) is 0 Å². The monoisotopic (exact) mass is 361 g/mol. The van der Waals surface area contributed by atoms with Gasteiger partial charge in [0.2, 0.25) is 0 Å². The van der Waals surface area contributed by atoms with Gasteiger partial charge in [-0.1, -0.05) is 12.1 Å². The molecule has 5 nitrogen and oxygen atoms in total. The van der Waals surface area contributed by atoms with E-state index in [1.807, 2.05) is 44.3 Å². The van der Waals surface area contributed by atoms with Crippen LogP contribution < -0.4 is 19.7 Å². The van der Waals surface area contributed by atoms with Crippen LogP contribution in [0.4, 0.5) is 4.39 Å². The Balaban J connectivity index is 1.63. The Morgan fingerprint density at radius 3 is 2.46 bits per heavy atom. The molecule has 0 saturated heterocycles. The van der Waals surface area contributed by atoms with Gasteiger partial charge in [-0.2, -0.15) is 0 Å². The van der Waals surface area contributed by atoms with Crippen LogP contribution in [0, 0.1) is 5.82 Å². The first kappa shape index (κ1) is 19.7. The van der Waals surface area contributed by atoms with Crippen LogP contribution in [0.25, 0.3) is 0 Å². The Hall–Kier alpha value is -2.60. The van der Waals surface area contributed by atoms with E-state index in [1.54, 1.807) is 6.07 Å². The molecule has 0 aliphatic heterocycles. The summed E-state index contributed by atoms with van der Waals surface area (Å²) < 4.78 is 24.1. The van der Waals surface area contributed by atoms with Crippen LogP contribution in [-0.2, 0) is 11.3 Å². The summed E-state index contributed by atoms with van der Waals surface area (Å²) in [6.07, 6.45) is 0. The fourth-order valence-corrected chi connectivity index (χ4v) is 2.55. The number of likely N-dealkylation sites (N-methyl/N-ethyl adjacent to an activating group) is 1. The minimum atomic E-state index is -0.258. The number of amides is 1. The third-order valence-corrected chi connectivity index (χ3v) is 3.68. The second-order valence-electron chi connectivity index (χ2n) is 6.04. The maximum absolute atomic E-state index is 13.2. The van der Waals surface area contributed by atoms with E-state index in [9.17, 15) is 9.18 Å². The van der Waals surface area contributed by atoms with E-state index >= 15 is 0 Å². The zero-order chi connectivity index (χ0) is 18.8. The van der Waals surface area contributed by atoms with E-state index in [1.165, 1.54) is 12.1 Å². The average Bonchev–Trinajstić information content (AvgIpc) is 2.60. The number of hydrogen-bond donors (Lipinski definition) is 2. The van der Waals surface area contributed by atoms with Crippen LogP contribution in [0.3, 0.4) is 0 Å². The van der Waals surface area contributed by atoms with Crippen molar-refractivity contribution in [3.05, 3.63) is 59.9 Å². The Bertz CT molecular complexity index is 692. The minimum Gasteiger partial charge on any atom is -0.494 e. The van der Waals surface area contributed by atoms with Gasteiger partial charge < -0.3 is 19.7 Å². The largest absolute Gasteiger partial charge is 0.494 e. The standard InChI is InChI=1S/C20H25FN2O3/c1-3-25-18-7-9-19(10-8-18)26-12-11-22-20(24)15-23(2)14-16-5-4-6-17(21)13-16/h4-10,13H,3,11-12,14-15H2,1-2H3,(H,22,24)/p+1. The molecule has 26 heavy (non-hydrogen) atoms. The van der Waals surface area contributed by atoms with Gasteiger partial charge >= 0.3 is 0 Å². The molecule has 0 saturated carbocycles. The maximum atomic E-state index is 13.2. The highest BCUT2D eigenvalue weighted by Gasteiger charge is 2.10. The van der Waals surface area contributed by atoms with Gasteiger partial charge in [0.15, 0.2) is 6.54 Å². The van der Waals surface area contributed by atoms with Crippen molar-refractivity contribution in [2.45, 2.75) is 13.5 Å². The average molecular weight is 361 g/mol. The molecule has 2 N–H and O–H groups in total. The lowest BCUT2D eigenvalue weighted by Gasteiger charge is -2.14. The number of hydrogen-bond acceptors (Lipinski definition) is 3.